The van der Waals surface area contributed by atoms with Crippen LogP contribution in [0.2, 0.25) is 0 Å². The van der Waals surface area contributed by atoms with E-state index < -0.39 is 0 Å². The number of ether oxygens (including phenoxy) is 1. The Bertz CT molecular complexity index is 653. The minimum Gasteiger partial charge on any atom is -0.508 e. The number of phenols is 1. The van der Waals surface area contributed by atoms with Gasteiger partial charge >= 0.3 is 0 Å². The summed E-state index contributed by atoms with van der Waals surface area (Å²) in [6.45, 7) is 4.96. The number of para-hydroxylation sites is 1. The van der Waals surface area contributed by atoms with Crippen molar-refractivity contribution in [3.8, 4) is 5.75 Å². The van der Waals surface area contributed by atoms with Crippen LogP contribution in [0.5, 0.6) is 5.75 Å². The average molecular weight is 345 g/mol. The largest absolute Gasteiger partial charge is 0.508 e. The van der Waals surface area contributed by atoms with Crippen molar-refractivity contribution < 1.29 is 14.4 Å². The van der Waals surface area contributed by atoms with Gasteiger partial charge in [-0.15, -0.1) is 0 Å². The first-order chi connectivity index (χ1) is 12.2. The van der Waals surface area contributed by atoms with Crippen LogP contribution in [0.25, 0.3) is 0 Å². The van der Waals surface area contributed by atoms with Gasteiger partial charge in [-0.25, -0.2) is 0 Å². The van der Waals surface area contributed by atoms with Crippen LogP contribution in [-0.4, -0.2) is 39.4 Å². The van der Waals surface area contributed by atoms with Crippen molar-refractivity contribution >= 4 is 0 Å². The summed E-state index contributed by atoms with van der Waals surface area (Å²) in [5.74, 6) is 1.71. The molecule has 0 aliphatic carbocycles. The van der Waals surface area contributed by atoms with Gasteiger partial charge in [0.25, 0.3) is 0 Å². The van der Waals surface area contributed by atoms with Gasteiger partial charge in [-0.3, -0.25) is 4.90 Å². The first-order valence-corrected chi connectivity index (χ1v) is 9.17. The predicted molar refractivity (Wildman–Crippen MR) is 94.1 cm³/mol. The Morgan fingerprint density at radius 2 is 2.16 bits per heavy atom. The number of benzene rings is 1. The molecule has 1 aliphatic rings. The second-order valence-corrected chi connectivity index (χ2v) is 6.64. The molecule has 0 spiro atoms. The van der Waals surface area contributed by atoms with Crippen molar-refractivity contribution in [2.45, 2.75) is 58.2 Å². The van der Waals surface area contributed by atoms with Crippen LogP contribution in [0.3, 0.4) is 0 Å². The highest BCUT2D eigenvalue weighted by Crippen LogP contribution is 2.21. The maximum absolute atomic E-state index is 10.1. The topological polar surface area (TPSA) is 71.6 Å². The summed E-state index contributed by atoms with van der Waals surface area (Å²) in [4.78, 5) is 6.71. The molecule has 2 aromatic rings. The van der Waals surface area contributed by atoms with Crippen molar-refractivity contribution in [2.75, 3.05) is 13.2 Å². The van der Waals surface area contributed by atoms with Gasteiger partial charge in [0.15, 0.2) is 5.82 Å². The molecule has 6 heteroatoms. The van der Waals surface area contributed by atoms with E-state index in [-0.39, 0.29) is 6.10 Å². The van der Waals surface area contributed by atoms with Gasteiger partial charge in [0.1, 0.15) is 5.75 Å². The number of aromatic nitrogens is 2. The summed E-state index contributed by atoms with van der Waals surface area (Å²) in [5, 5.41) is 14.1. The standard InChI is InChI=1S/C19H27N3O3/c1-2-3-10-18-20-19(25-21-18)14-22(13-16-8-6-11-24-16)12-15-7-4-5-9-17(15)23/h4-5,7,9,16,23H,2-3,6,8,10-14H2,1H3. The monoisotopic (exact) mass is 345 g/mol. The summed E-state index contributed by atoms with van der Waals surface area (Å²) < 4.78 is 11.2. The first kappa shape index (κ1) is 17.9. The summed E-state index contributed by atoms with van der Waals surface area (Å²) in [7, 11) is 0. The van der Waals surface area contributed by atoms with Crippen LogP contribution >= 0.6 is 0 Å². The zero-order valence-corrected chi connectivity index (χ0v) is 14.9. The molecule has 25 heavy (non-hydrogen) atoms. The number of hydrogen-bond donors (Lipinski definition) is 1. The first-order valence-electron chi connectivity index (χ1n) is 9.17. The summed E-state index contributed by atoms with van der Waals surface area (Å²) in [5.41, 5.74) is 0.895. The van der Waals surface area contributed by atoms with Crippen LogP contribution < -0.4 is 0 Å². The van der Waals surface area contributed by atoms with Crippen molar-refractivity contribution in [2.24, 2.45) is 0 Å². The summed E-state index contributed by atoms with van der Waals surface area (Å²) in [6.07, 6.45) is 5.44. The molecule has 0 radical (unpaired) electrons. The molecule has 6 nitrogen and oxygen atoms in total. The molecule has 1 saturated heterocycles. The molecule has 1 fully saturated rings. The normalized spacial score (nSPS) is 17.4. The highest BCUT2D eigenvalue weighted by molar-refractivity contribution is 5.31. The fraction of sp³-hybridized carbons (Fsp3) is 0.579. The number of unbranched alkanes of at least 4 members (excludes halogenated alkanes) is 1. The van der Waals surface area contributed by atoms with Crippen LogP contribution in [0.1, 0.15) is 49.9 Å². The van der Waals surface area contributed by atoms with Crippen LogP contribution in [-0.2, 0) is 24.2 Å². The van der Waals surface area contributed by atoms with Gasteiger partial charge in [0, 0.05) is 31.7 Å². The molecule has 1 aromatic carbocycles. The van der Waals surface area contributed by atoms with Crippen LogP contribution in [0, 0.1) is 0 Å². The quantitative estimate of drug-likeness (QED) is 0.752. The molecule has 3 rings (SSSR count). The lowest BCUT2D eigenvalue weighted by Crippen LogP contribution is -2.31. The van der Waals surface area contributed by atoms with E-state index in [9.17, 15) is 5.11 Å². The Hall–Kier alpha value is -1.92. The molecular weight excluding hydrogens is 318 g/mol. The van der Waals surface area contributed by atoms with Crippen molar-refractivity contribution in [1.82, 2.24) is 15.0 Å². The van der Waals surface area contributed by atoms with Gasteiger partial charge in [-0.1, -0.05) is 36.7 Å². The number of phenolic OH excluding ortho intramolecular Hbond substituents is 1. The number of aryl methyl sites for hydroxylation is 1. The third-order valence-electron chi connectivity index (χ3n) is 4.49. The Labute approximate surface area is 148 Å². The molecule has 0 bridgehead atoms. The predicted octanol–water partition coefficient (Wildman–Crippen LogP) is 3.30. The van der Waals surface area contributed by atoms with Crippen molar-refractivity contribution in [3.05, 3.63) is 41.5 Å². The highest BCUT2D eigenvalue weighted by Gasteiger charge is 2.22. The van der Waals surface area contributed by atoms with E-state index in [0.29, 0.717) is 24.7 Å². The average Bonchev–Trinajstić information content (AvgIpc) is 3.27. The van der Waals surface area contributed by atoms with E-state index in [1.807, 2.05) is 18.2 Å². The van der Waals surface area contributed by atoms with E-state index in [1.165, 1.54) is 0 Å². The van der Waals surface area contributed by atoms with Gasteiger partial charge in [0.2, 0.25) is 5.89 Å². The van der Waals surface area contributed by atoms with E-state index in [2.05, 4.69) is 22.0 Å². The van der Waals surface area contributed by atoms with Crippen LogP contribution in [0.4, 0.5) is 0 Å². The molecule has 1 atom stereocenters. The minimum absolute atomic E-state index is 0.230. The number of nitrogens with zero attached hydrogens (tertiary/aromatic N) is 3. The molecule has 2 heterocycles. The van der Waals surface area contributed by atoms with E-state index in [4.69, 9.17) is 9.26 Å². The number of rotatable bonds is 9. The maximum atomic E-state index is 10.1. The molecule has 1 aromatic heterocycles. The lowest BCUT2D eigenvalue weighted by Gasteiger charge is -2.24. The smallest absolute Gasteiger partial charge is 0.240 e. The Morgan fingerprint density at radius 1 is 1.28 bits per heavy atom. The van der Waals surface area contributed by atoms with E-state index in [0.717, 1.165) is 56.6 Å². The molecule has 0 amide bonds. The molecule has 136 valence electrons. The second kappa shape index (κ2) is 8.97. The Balaban J connectivity index is 1.67. The third kappa shape index (κ3) is 5.28. The lowest BCUT2D eigenvalue weighted by molar-refractivity contribution is 0.0637. The zero-order valence-electron chi connectivity index (χ0n) is 14.9. The lowest BCUT2D eigenvalue weighted by atomic mass is 10.1. The minimum atomic E-state index is 0.230. The zero-order chi connectivity index (χ0) is 17.5. The SMILES string of the molecule is CCCCc1noc(CN(Cc2ccccc2O)CC2CCCO2)n1. The fourth-order valence-electron chi connectivity index (χ4n) is 3.13. The molecule has 1 unspecified atom stereocenters. The van der Waals surface area contributed by atoms with E-state index in [1.54, 1.807) is 6.07 Å². The third-order valence-corrected chi connectivity index (χ3v) is 4.49. The van der Waals surface area contributed by atoms with Crippen molar-refractivity contribution in [3.63, 3.8) is 0 Å². The Kier molecular flexibility index (Phi) is 6.42. The van der Waals surface area contributed by atoms with Gasteiger partial charge < -0.3 is 14.4 Å². The summed E-state index contributed by atoms with van der Waals surface area (Å²) in [6, 6.07) is 7.43. The van der Waals surface area contributed by atoms with Crippen molar-refractivity contribution in [1.29, 1.82) is 0 Å². The molecular formula is C19H27N3O3. The van der Waals surface area contributed by atoms with Crippen LogP contribution in [0.15, 0.2) is 28.8 Å². The Morgan fingerprint density at radius 3 is 2.92 bits per heavy atom. The molecule has 1 aliphatic heterocycles. The molecule has 1 N–H and O–H groups in total. The second-order valence-electron chi connectivity index (χ2n) is 6.64. The number of aromatic hydroxyl groups is 1. The molecule has 0 saturated carbocycles. The summed E-state index contributed by atoms with van der Waals surface area (Å²) >= 11 is 0. The van der Waals surface area contributed by atoms with Gasteiger partial charge in [-0.05, 0) is 25.3 Å². The maximum Gasteiger partial charge on any atom is 0.240 e. The van der Waals surface area contributed by atoms with Gasteiger partial charge in [-0.2, -0.15) is 4.98 Å². The van der Waals surface area contributed by atoms with Gasteiger partial charge in [0.05, 0.1) is 12.6 Å². The van der Waals surface area contributed by atoms with E-state index >= 15 is 0 Å². The highest BCUT2D eigenvalue weighted by atomic mass is 16.5. The number of hydrogen-bond acceptors (Lipinski definition) is 6. The fourth-order valence-corrected chi connectivity index (χ4v) is 3.13.